The SMILES string of the molecule is O=C(CSc1nnc(-c2ccccc2)s1)Nc1cc(=O)[nH]c(=O)n1C1CCCCC1. The zero-order valence-corrected chi connectivity index (χ0v) is 17.8. The smallest absolute Gasteiger partial charge is 0.311 e. The Morgan fingerprint density at radius 1 is 1.17 bits per heavy atom. The highest BCUT2D eigenvalue weighted by Gasteiger charge is 2.21. The monoisotopic (exact) mass is 443 g/mol. The molecule has 1 saturated carbocycles. The maximum atomic E-state index is 12.5. The lowest BCUT2D eigenvalue weighted by molar-refractivity contribution is -0.113. The van der Waals surface area contributed by atoms with Crippen LogP contribution < -0.4 is 16.6 Å². The summed E-state index contributed by atoms with van der Waals surface area (Å²) in [5.74, 6) is 0.0595. The van der Waals surface area contributed by atoms with Crippen molar-refractivity contribution in [1.29, 1.82) is 0 Å². The molecule has 0 saturated heterocycles. The molecule has 2 N–H and O–H groups in total. The van der Waals surface area contributed by atoms with E-state index in [1.54, 1.807) is 0 Å². The number of rotatable bonds is 6. The lowest BCUT2D eigenvalue weighted by Crippen LogP contribution is -2.36. The van der Waals surface area contributed by atoms with Crippen LogP contribution in [0.15, 0.2) is 50.3 Å². The molecule has 1 aliphatic rings. The molecule has 1 amide bonds. The Kier molecular flexibility index (Phi) is 6.44. The fourth-order valence-corrected chi connectivity index (χ4v) is 5.23. The first-order valence-electron chi connectivity index (χ1n) is 9.77. The minimum absolute atomic E-state index is 0.0114. The van der Waals surface area contributed by atoms with Crippen LogP contribution in [0.2, 0.25) is 0 Å². The average molecular weight is 444 g/mol. The molecule has 0 atom stereocenters. The van der Waals surface area contributed by atoms with Crippen LogP contribution in [0, 0.1) is 0 Å². The van der Waals surface area contributed by atoms with Gasteiger partial charge in [0.25, 0.3) is 5.56 Å². The number of nitrogens with zero attached hydrogens (tertiary/aromatic N) is 3. The van der Waals surface area contributed by atoms with Gasteiger partial charge in [-0.2, -0.15) is 0 Å². The van der Waals surface area contributed by atoms with E-state index in [0.29, 0.717) is 4.34 Å². The molecule has 2 aromatic heterocycles. The van der Waals surface area contributed by atoms with Gasteiger partial charge in [0, 0.05) is 17.7 Å². The molecule has 2 heterocycles. The number of aromatic amines is 1. The van der Waals surface area contributed by atoms with Crippen molar-refractivity contribution in [2.75, 3.05) is 11.1 Å². The van der Waals surface area contributed by atoms with Crippen molar-refractivity contribution in [2.24, 2.45) is 0 Å². The molecule has 0 radical (unpaired) electrons. The molecule has 30 heavy (non-hydrogen) atoms. The van der Waals surface area contributed by atoms with E-state index in [4.69, 9.17) is 0 Å². The lowest BCUT2D eigenvalue weighted by atomic mass is 9.95. The van der Waals surface area contributed by atoms with Crippen molar-refractivity contribution in [2.45, 2.75) is 42.5 Å². The largest absolute Gasteiger partial charge is 0.330 e. The van der Waals surface area contributed by atoms with Crippen LogP contribution in [-0.2, 0) is 4.79 Å². The van der Waals surface area contributed by atoms with Gasteiger partial charge in [0.2, 0.25) is 5.91 Å². The number of carbonyl (C=O) groups excluding carboxylic acids is 1. The van der Waals surface area contributed by atoms with Gasteiger partial charge in [-0.1, -0.05) is 72.7 Å². The average Bonchev–Trinajstić information content (AvgIpc) is 3.22. The number of nitrogens with one attached hydrogen (secondary N) is 2. The van der Waals surface area contributed by atoms with Gasteiger partial charge >= 0.3 is 5.69 Å². The number of amides is 1. The number of benzene rings is 1. The summed E-state index contributed by atoms with van der Waals surface area (Å²) >= 11 is 2.69. The second kappa shape index (κ2) is 9.40. The van der Waals surface area contributed by atoms with Crippen LogP contribution in [0.3, 0.4) is 0 Å². The van der Waals surface area contributed by atoms with Crippen molar-refractivity contribution >= 4 is 34.8 Å². The topological polar surface area (TPSA) is 110 Å². The molecule has 1 aliphatic carbocycles. The molecular weight excluding hydrogens is 422 g/mol. The first kappa shape index (κ1) is 20.5. The normalized spacial score (nSPS) is 14.5. The third-order valence-corrected chi connectivity index (χ3v) is 7.04. The number of aromatic nitrogens is 4. The van der Waals surface area contributed by atoms with E-state index in [9.17, 15) is 14.4 Å². The minimum atomic E-state index is -0.522. The summed E-state index contributed by atoms with van der Waals surface area (Å²) in [5, 5.41) is 11.8. The van der Waals surface area contributed by atoms with Crippen molar-refractivity contribution in [1.82, 2.24) is 19.7 Å². The molecule has 0 aliphatic heterocycles. The van der Waals surface area contributed by atoms with Crippen LogP contribution in [0.1, 0.15) is 38.1 Å². The molecule has 8 nitrogen and oxygen atoms in total. The molecule has 4 rings (SSSR count). The predicted octanol–water partition coefficient (Wildman–Crippen LogP) is 3.29. The van der Waals surface area contributed by atoms with Crippen LogP contribution in [-0.4, -0.2) is 31.4 Å². The van der Waals surface area contributed by atoms with E-state index in [1.807, 2.05) is 30.3 Å². The third kappa shape index (κ3) is 4.88. The summed E-state index contributed by atoms with van der Waals surface area (Å²) in [7, 11) is 0. The molecule has 156 valence electrons. The van der Waals surface area contributed by atoms with Gasteiger partial charge in [-0.05, 0) is 12.8 Å². The Hall–Kier alpha value is -2.72. The van der Waals surface area contributed by atoms with Gasteiger partial charge in [-0.3, -0.25) is 19.1 Å². The van der Waals surface area contributed by atoms with E-state index in [2.05, 4.69) is 20.5 Å². The number of hydrogen-bond acceptors (Lipinski definition) is 7. The van der Waals surface area contributed by atoms with E-state index in [1.165, 1.54) is 33.7 Å². The zero-order chi connectivity index (χ0) is 20.9. The number of anilines is 1. The zero-order valence-electron chi connectivity index (χ0n) is 16.2. The number of H-pyrrole nitrogens is 1. The van der Waals surface area contributed by atoms with Crippen LogP contribution in [0.5, 0.6) is 0 Å². The second-order valence-electron chi connectivity index (χ2n) is 7.06. The predicted molar refractivity (Wildman–Crippen MR) is 118 cm³/mol. The van der Waals surface area contributed by atoms with Gasteiger partial charge in [0.15, 0.2) is 4.34 Å². The second-order valence-corrected chi connectivity index (χ2v) is 9.26. The number of carbonyl (C=O) groups is 1. The lowest BCUT2D eigenvalue weighted by Gasteiger charge is -2.26. The quantitative estimate of drug-likeness (QED) is 0.566. The summed E-state index contributed by atoms with van der Waals surface area (Å²) in [6.45, 7) is 0. The van der Waals surface area contributed by atoms with Crippen LogP contribution in [0.25, 0.3) is 10.6 Å². The van der Waals surface area contributed by atoms with Gasteiger partial charge in [0.05, 0.1) is 5.75 Å². The van der Waals surface area contributed by atoms with Crippen LogP contribution >= 0.6 is 23.1 Å². The highest BCUT2D eigenvalue weighted by atomic mass is 32.2. The Morgan fingerprint density at radius 2 is 1.93 bits per heavy atom. The minimum Gasteiger partial charge on any atom is -0.311 e. The standard InChI is InChI=1S/C20H21N5O3S2/c26-16-11-15(25(19(28)22-16)14-9-5-2-6-10-14)21-17(27)12-29-20-24-23-18(30-20)13-7-3-1-4-8-13/h1,3-4,7-8,11,14H,2,5-6,9-10,12H2,(H,21,27)(H,22,26,28). The highest BCUT2D eigenvalue weighted by molar-refractivity contribution is 8.01. The summed E-state index contributed by atoms with van der Waals surface area (Å²) in [6.07, 6.45) is 4.91. The fourth-order valence-electron chi connectivity index (χ4n) is 3.57. The maximum absolute atomic E-state index is 12.5. The van der Waals surface area contributed by atoms with Gasteiger partial charge in [0.1, 0.15) is 10.8 Å². The summed E-state index contributed by atoms with van der Waals surface area (Å²) in [4.78, 5) is 39.0. The fraction of sp³-hybridized carbons (Fsp3) is 0.350. The van der Waals surface area contributed by atoms with Crippen molar-refractivity contribution in [3.05, 3.63) is 57.2 Å². The summed E-state index contributed by atoms with van der Waals surface area (Å²) < 4.78 is 2.20. The molecule has 1 fully saturated rings. The molecule has 0 bridgehead atoms. The van der Waals surface area contributed by atoms with Crippen molar-refractivity contribution < 1.29 is 4.79 Å². The van der Waals surface area contributed by atoms with Gasteiger partial charge < -0.3 is 5.32 Å². The molecule has 0 spiro atoms. The molecular formula is C20H21N5O3S2. The highest BCUT2D eigenvalue weighted by Crippen LogP contribution is 2.30. The Bertz CT molecular complexity index is 1130. The van der Waals surface area contributed by atoms with Crippen LogP contribution in [0.4, 0.5) is 5.82 Å². The van der Waals surface area contributed by atoms with E-state index >= 15 is 0 Å². The Labute approximate surface area is 180 Å². The Morgan fingerprint density at radius 3 is 2.70 bits per heavy atom. The first-order valence-corrected chi connectivity index (χ1v) is 11.6. The molecule has 10 heteroatoms. The van der Waals surface area contributed by atoms with Crippen molar-refractivity contribution in [3.8, 4) is 10.6 Å². The number of thioether (sulfide) groups is 1. The van der Waals surface area contributed by atoms with Gasteiger partial charge in [-0.15, -0.1) is 10.2 Å². The summed E-state index contributed by atoms with van der Waals surface area (Å²) in [5.41, 5.74) is -0.0214. The molecule has 3 aromatic rings. The van der Waals surface area contributed by atoms with E-state index < -0.39 is 11.2 Å². The van der Waals surface area contributed by atoms with E-state index in [0.717, 1.165) is 42.7 Å². The van der Waals surface area contributed by atoms with Crippen molar-refractivity contribution in [3.63, 3.8) is 0 Å². The summed E-state index contributed by atoms with van der Waals surface area (Å²) in [6, 6.07) is 11.0. The maximum Gasteiger partial charge on any atom is 0.330 e. The van der Waals surface area contributed by atoms with E-state index in [-0.39, 0.29) is 23.5 Å². The van der Waals surface area contributed by atoms with Gasteiger partial charge in [-0.25, -0.2) is 4.79 Å². The third-order valence-electron chi connectivity index (χ3n) is 4.94. The molecule has 1 aromatic carbocycles. The number of hydrogen-bond donors (Lipinski definition) is 2. The Balaban J connectivity index is 1.44. The molecule has 0 unspecified atom stereocenters. The first-order chi connectivity index (χ1) is 14.6.